The molecule has 0 fully saturated rings. The summed E-state index contributed by atoms with van der Waals surface area (Å²) in [6.45, 7) is 0. The summed E-state index contributed by atoms with van der Waals surface area (Å²) >= 11 is 4.69. The third-order valence-electron chi connectivity index (χ3n) is 6.47. The third-order valence-corrected chi connectivity index (χ3v) is 11.7. The number of hydrogen-bond acceptors (Lipinski definition) is 16. The van der Waals surface area contributed by atoms with Gasteiger partial charge in [0.2, 0.25) is 0 Å². The van der Waals surface area contributed by atoms with Crippen molar-refractivity contribution in [3.8, 4) is 11.5 Å². The lowest BCUT2D eigenvalue weighted by atomic mass is 10.2. The molecule has 0 bridgehead atoms. The summed E-state index contributed by atoms with van der Waals surface area (Å²) in [4.78, 5) is 70.6. The van der Waals surface area contributed by atoms with Crippen LogP contribution >= 0.6 is 47.0 Å². The zero-order valence-corrected chi connectivity index (χ0v) is 26.5. The molecule has 4 aliphatic heterocycles. The Kier molecular flexibility index (Phi) is 7.42. The zero-order valence-electron chi connectivity index (χ0n) is 23.3. The molecule has 20 heteroatoms. The van der Waals surface area contributed by atoms with Crippen molar-refractivity contribution in [1.82, 2.24) is 19.9 Å². The van der Waals surface area contributed by atoms with E-state index in [4.69, 9.17) is 20.9 Å². The highest BCUT2D eigenvalue weighted by Gasteiger charge is 2.45. The molecule has 0 radical (unpaired) electrons. The minimum Gasteiger partial charge on any atom is -0.494 e. The largest absolute Gasteiger partial charge is 0.494 e. The molecule has 230 valence electrons. The molecule has 0 aliphatic carbocycles. The van der Waals surface area contributed by atoms with Crippen molar-refractivity contribution in [3.63, 3.8) is 0 Å². The molecule has 4 amide bonds. The van der Waals surface area contributed by atoms with Crippen molar-refractivity contribution in [2.75, 3.05) is 24.2 Å². The molecule has 4 N–H and O–H groups in total. The lowest BCUT2D eigenvalue weighted by Crippen LogP contribution is -2.26. The molecule has 7 rings (SSSR count). The molecule has 0 atom stereocenters. The predicted octanol–water partition coefficient (Wildman–Crippen LogP) is 1.88. The number of hydrogen-bond donors (Lipinski definition) is 2. The lowest BCUT2D eigenvalue weighted by Gasteiger charge is -2.14. The first-order valence-corrected chi connectivity index (χ1v) is 16.0. The maximum absolute atomic E-state index is 13.6. The molecule has 46 heavy (non-hydrogen) atoms. The number of nitrogens with zero attached hydrogens (tertiary/aromatic N) is 8. The van der Waals surface area contributed by atoms with E-state index in [2.05, 4.69) is 30.1 Å². The minimum absolute atomic E-state index is 0.0133. The van der Waals surface area contributed by atoms with Crippen molar-refractivity contribution in [2.45, 2.75) is 19.6 Å². The number of thioether (sulfide) groups is 4. The van der Waals surface area contributed by atoms with Crippen molar-refractivity contribution < 1.29 is 28.7 Å². The summed E-state index contributed by atoms with van der Waals surface area (Å²) in [7, 11) is 2.96. The van der Waals surface area contributed by atoms with Crippen LogP contribution in [0, 0.1) is 0 Å². The van der Waals surface area contributed by atoms with Crippen LogP contribution in [-0.4, -0.2) is 69.2 Å². The fraction of sp³-hybridized carbons (Fsp3) is 0.0769. The maximum Gasteiger partial charge on any atom is 0.285 e. The Morgan fingerprint density at radius 1 is 0.630 bits per heavy atom. The van der Waals surface area contributed by atoms with Gasteiger partial charge in [0, 0.05) is 24.8 Å². The number of primary amides is 2. The van der Waals surface area contributed by atoms with E-state index in [9.17, 15) is 19.2 Å². The van der Waals surface area contributed by atoms with Gasteiger partial charge in [-0.05, 0) is 12.1 Å². The second-order valence-corrected chi connectivity index (χ2v) is 13.7. The van der Waals surface area contributed by atoms with Gasteiger partial charge in [-0.1, -0.05) is 47.0 Å². The number of anilines is 2. The monoisotopic (exact) mass is 692 g/mol. The maximum atomic E-state index is 13.6. The van der Waals surface area contributed by atoms with Gasteiger partial charge in [-0.15, -0.1) is 0 Å². The number of amides is 4. The number of carbonyl (C=O) groups excluding carboxylic acids is 4. The fourth-order valence-electron chi connectivity index (χ4n) is 4.57. The molecule has 0 saturated carbocycles. The molecule has 4 aliphatic rings. The summed E-state index contributed by atoms with van der Waals surface area (Å²) in [5, 5.41) is 10.1. The summed E-state index contributed by atoms with van der Waals surface area (Å²) in [6.07, 6.45) is 5.76. The average molecular weight is 693 g/mol. The van der Waals surface area contributed by atoms with Crippen molar-refractivity contribution in [1.29, 1.82) is 0 Å². The Morgan fingerprint density at radius 2 is 0.957 bits per heavy atom. The van der Waals surface area contributed by atoms with Gasteiger partial charge in [0.15, 0.2) is 11.4 Å². The van der Waals surface area contributed by atoms with Gasteiger partial charge in [-0.2, -0.15) is 20.2 Å². The quantitative estimate of drug-likeness (QED) is 0.352. The van der Waals surface area contributed by atoms with Gasteiger partial charge in [0.05, 0.1) is 53.4 Å². The lowest BCUT2D eigenvalue weighted by molar-refractivity contribution is -0.115. The molecular formula is C26H16N10O6S4. The Hall–Kier alpha value is -4.92. The Morgan fingerprint density at radius 3 is 1.24 bits per heavy atom. The van der Waals surface area contributed by atoms with E-state index in [-0.39, 0.29) is 34.5 Å². The first-order chi connectivity index (χ1) is 22.2. The second-order valence-electron chi connectivity index (χ2n) is 9.07. The van der Waals surface area contributed by atoms with E-state index in [0.29, 0.717) is 39.6 Å². The highest BCUT2D eigenvalue weighted by Crippen LogP contribution is 2.68. The van der Waals surface area contributed by atoms with E-state index < -0.39 is 23.6 Å². The van der Waals surface area contributed by atoms with Crippen molar-refractivity contribution in [3.05, 3.63) is 56.5 Å². The molecule has 16 nitrogen and oxygen atoms in total. The molecule has 6 heterocycles. The molecule has 1 aromatic carbocycles. The number of hydrazone groups is 2. The number of nitrogens with two attached hydrogens (primary N) is 2. The van der Waals surface area contributed by atoms with E-state index in [0.717, 1.165) is 10.0 Å². The number of rotatable bonds is 6. The van der Waals surface area contributed by atoms with E-state index in [1.165, 1.54) is 86.1 Å². The number of ether oxygens (including phenoxy) is 2. The topological polar surface area (TPSA) is 222 Å². The fourth-order valence-corrected chi connectivity index (χ4v) is 10.3. The smallest absolute Gasteiger partial charge is 0.285 e. The first-order valence-electron chi connectivity index (χ1n) is 12.8. The molecule has 0 spiro atoms. The molecule has 3 aromatic rings. The SMILES string of the molecule is COc1c2c(c(OC)c3c1SC(=C1C(=O)N(c4ncccn4)N=C1C(N)=O)S3)SC(=C1C(=O)N(c3ncccn3)N=C1C(N)=O)S2. The first kappa shape index (κ1) is 29.8. The molecule has 0 unspecified atom stereocenters. The highest BCUT2D eigenvalue weighted by molar-refractivity contribution is 8.26. The molecule has 0 saturated heterocycles. The number of benzene rings is 1. The Labute approximate surface area is 275 Å². The number of carbonyl (C=O) groups is 4. The highest BCUT2D eigenvalue weighted by atomic mass is 32.2. The Balaban J connectivity index is 1.30. The number of aromatic nitrogens is 4. The zero-order chi connectivity index (χ0) is 32.3. The van der Waals surface area contributed by atoms with Crippen LogP contribution in [0.25, 0.3) is 0 Å². The third kappa shape index (κ3) is 4.59. The standard InChI is InChI=1S/C26H16N10O6S4/c1-41-13-15-17(45-23(43-15)9-11(19(27)37)33-35(21(9)39)25-29-5-3-6-30-25)14(42-2)18-16(13)44-24(46-18)10-12(20(28)38)34-36(22(10)40)26-31-7-4-8-32-26/h3-8H,1-2H3,(H2,27,37)(H2,28,38). The summed E-state index contributed by atoms with van der Waals surface area (Å²) < 4.78 is 12.6. The number of methoxy groups -OCH3 is 2. The summed E-state index contributed by atoms with van der Waals surface area (Å²) in [5.74, 6) is -2.27. The number of fused-ring (bicyclic) bond motifs is 2. The van der Waals surface area contributed by atoms with Gasteiger partial charge in [-0.3, -0.25) is 19.2 Å². The van der Waals surface area contributed by atoms with Crippen LogP contribution in [0.4, 0.5) is 11.9 Å². The predicted molar refractivity (Wildman–Crippen MR) is 169 cm³/mol. The summed E-state index contributed by atoms with van der Waals surface area (Å²) in [6, 6.07) is 3.16. The van der Waals surface area contributed by atoms with Gasteiger partial charge in [-0.25, -0.2) is 19.9 Å². The Bertz CT molecular complexity index is 1850. The van der Waals surface area contributed by atoms with Crippen LogP contribution in [0.1, 0.15) is 0 Å². The van der Waals surface area contributed by atoms with Crippen molar-refractivity contribution in [2.24, 2.45) is 21.7 Å². The summed E-state index contributed by atoms with van der Waals surface area (Å²) in [5.41, 5.74) is 10.8. The van der Waals surface area contributed by atoms with Gasteiger partial charge < -0.3 is 20.9 Å². The van der Waals surface area contributed by atoms with Gasteiger partial charge in [0.25, 0.3) is 35.5 Å². The average Bonchev–Trinajstić information content (AvgIpc) is 3.83. The van der Waals surface area contributed by atoms with Crippen LogP contribution in [0.3, 0.4) is 0 Å². The van der Waals surface area contributed by atoms with E-state index in [1.54, 1.807) is 12.1 Å². The van der Waals surface area contributed by atoms with E-state index >= 15 is 0 Å². The normalized spacial score (nSPS) is 17.0. The minimum atomic E-state index is -0.904. The van der Waals surface area contributed by atoms with Gasteiger partial charge in [0.1, 0.15) is 11.5 Å². The van der Waals surface area contributed by atoms with Crippen LogP contribution in [0.2, 0.25) is 0 Å². The van der Waals surface area contributed by atoms with Crippen LogP contribution in [0.5, 0.6) is 11.5 Å². The van der Waals surface area contributed by atoms with Crippen molar-refractivity contribution >= 4 is 94.0 Å². The van der Waals surface area contributed by atoms with Crippen LogP contribution in [0.15, 0.2) is 86.3 Å². The van der Waals surface area contributed by atoms with E-state index in [1.807, 2.05) is 0 Å². The van der Waals surface area contributed by atoms with Crippen LogP contribution in [-0.2, 0) is 19.2 Å². The van der Waals surface area contributed by atoms with Gasteiger partial charge >= 0.3 is 0 Å². The molecule has 2 aromatic heterocycles. The second kappa shape index (κ2) is 11.5. The van der Waals surface area contributed by atoms with Crippen LogP contribution < -0.4 is 31.0 Å². The molecular weight excluding hydrogens is 677 g/mol.